The van der Waals surface area contributed by atoms with E-state index in [0.717, 1.165) is 16.9 Å². The number of benzene rings is 2. The standard InChI is InChI=1S/C16H16N2O3S2/c1-2-11-3-6-13(7-4-11)23(20,21)18-12-5-8-15-14(9-12)17-16(19)10-22-15/h3-9,18H,2,10H2,1H3,(H,17,19). The minimum atomic E-state index is -3.65. The molecule has 3 rings (SSSR count). The summed E-state index contributed by atoms with van der Waals surface area (Å²) in [4.78, 5) is 12.6. The normalized spacial score (nSPS) is 14.0. The van der Waals surface area contributed by atoms with Crippen LogP contribution in [0.3, 0.4) is 0 Å². The molecule has 1 aliphatic rings. The maximum atomic E-state index is 12.4. The Morgan fingerprint density at radius 3 is 2.61 bits per heavy atom. The topological polar surface area (TPSA) is 75.3 Å². The first-order chi connectivity index (χ1) is 11.0. The third-order valence-electron chi connectivity index (χ3n) is 3.51. The van der Waals surface area contributed by atoms with Crippen LogP contribution in [-0.4, -0.2) is 20.1 Å². The Bertz CT molecular complexity index is 846. The summed E-state index contributed by atoms with van der Waals surface area (Å²) in [7, 11) is -3.65. The van der Waals surface area contributed by atoms with Crippen molar-refractivity contribution in [2.75, 3.05) is 15.8 Å². The first-order valence-electron chi connectivity index (χ1n) is 7.16. The number of fused-ring (bicyclic) bond motifs is 1. The lowest BCUT2D eigenvalue weighted by Gasteiger charge is -2.17. The lowest BCUT2D eigenvalue weighted by molar-refractivity contribution is -0.113. The van der Waals surface area contributed by atoms with E-state index in [2.05, 4.69) is 10.0 Å². The molecule has 0 spiro atoms. The largest absolute Gasteiger partial charge is 0.324 e. The van der Waals surface area contributed by atoms with Gasteiger partial charge in [-0.2, -0.15) is 0 Å². The number of carbonyl (C=O) groups is 1. The SMILES string of the molecule is CCc1ccc(S(=O)(=O)Nc2ccc3c(c2)NC(=O)CS3)cc1. The second-order valence-corrected chi connectivity index (χ2v) is 7.85. The van der Waals surface area contributed by atoms with E-state index in [4.69, 9.17) is 0 Å². The summed E-state index contributed by atoms with van der Waals surface area (Å²) in [6.45, 7) is 2.02. The number of hydrogen-bond acceptors (Lipinski definition) is 4. The van der Waals surface area contributed by atoms with Crippen LogP contribution in [0, 0.1) is 0 Å². The molecule has 0 saturated heterocycles. The molecule has 23 heavy (non-hydrogen) atoms. The van der Waals surface area contributed by atoms with Crippen molar-refractivity contribution >= 4 is 39.1 Å². The monoisotopic (exact) mass is 348 g/mol. The molecule has 0 unspecified atom stereocenters. The van der Waals surface area contributed by atoms with Crippen molar-refractivity contribution in [2.24, 2.45) is 0 Å². The quantitative estimate of drug-likeness (QED) is 0.890. The third kappa shape index (κ3) is 3.51. The van der Waals surface area contributed by atoms with Gasteiger partial charge in [0.15, 0.2) is 0 Å². The molecule has 0 saturated carbocycles. The van der Waals surface area contributed by atoms with Crippen molar-refractivity contribution in [3.05, 3.63) is 48.0 Å². The maximum Gasteiger partial charge on any atom is 0.261 e. The number of rotatable bonds is 4. The van der Waals surface area contributed by atoms with Gasteiger partial charge < -0.3 is 5.32 Å². The zero-order valence-corrected chi connectivity index (χ0v) is 14.1. The van der Waals surface area contributed by atoms with E-state index < -0.39 is 10.0 Å². The van der Waals surface area contributed by atoms with Crippen LogP contribution >= 0.6 is 11.8 Å². The van der Waals surface area contributed by atoms with Crippen molar-refractivity contribution in [1.29, 1.82) is 0 Å². The predicted octanol–water partition coefficient (Wildman–Crippen LogP) is 3.09. The number of anilines is 2. The molecule has 1 amide bonds. The molecular weight excluding hydrogens is 332 g/mol. The van der Waals surface area contributed by atoms with Gasteiger partial charge in [-0.25, -0.2) is 8.42 Å². The highest BCUT2D eigenvalue weighted by molar-refractivity contribution is 8.00. The zero-order valence-electron chi connectivity index (χ0n) is 12.5. The Morgan fingerprint density at radius 2 is 1.91 bits per heavy atom. The Kier molecular flexibility index (Phi) is 4.32. The molecule has 0 fully saturated rings. The molecule has 2 N–H and O–H groups in total. The number of aryl methyl sites for hydroxylation is 1. The van der Waals surface area contributed by atoms with E-state index in [1.54, 1.807) is 42.5 Å². The maximum absolute atomic E-state index is 12.4. The molecule has 0 bridgehead atoms. The number of amides is 1. The average molecular weight is 348 g/mol. The first-order valence-corrected chi connectivity index (χ1v) is 9.63. The van der Waals surface area contributed by atoms with Gasteiger partial charge in [-0.3, -0.25) is 9.52 Å². The minimum Gasteiger partial charge on any atom is -0.324 e. The van der Waals surface area contributed by atoms with E-state index in [-0.39, 0.29) is 10.8 Å². The average Bonchev–Trinajstić information content (AvgIpc) is 2.54. The van der Waals surface area contributed by atoms with Gasteiger partial charge in [-0.1, -0.05) is 19.1 Å². The highest BCUT2D eigenvalue weighted by Crippen LogP contribution is 2.33. The van der Waals surface area contributed by atoms with E-state index >= 15 is 0 Å². The Hall–Kier alpha value is -1.99. The summed E-state index contributed by atoms with van der Waals surface area (Å²) in [5.41, 5.74) is 2.14. The third-order valence-corrected chi connectivity index (χ3v) is 5.98. The van der Waals surface area contributed by atoms with E-state index in [1.165, 1.54) is 11.8 Å². The molecule has 0 aliphatic carbocycles. The van der Waals surface area contributed by atoms with Crippen molar-refractivity contribution < 1.29 is 13.2 Å². The van der Waals surface area contributed by atoms with Crippen LogP contribution in [0.5, 0.6) is 0 Å². The lowest BCUT2D eigenvalue weighted by atomic mass is 10.2. The van der Waals surface area contributed by atoms with Gasteiger partial charge in [0, 0.05) is 4.90 Å². The summed E-state index contributed by atoms with van der Waals surface area (Å²) in [6, 6.07) is 11.9. The van der Waals surface area contributed by atoms with Crippen LogP contribution < -0.4 is 10.0 Å². The Labute approximate surface area is 139 Å². The molecule has 2 aromatic rings. The second-order valence-electron chi connectivity index (χ2n) is 5.15. The zero-order chi connectivity index (χ0) is 16.4. The van der Waals surface area contributed by atoms with Gasteiger partial charge in [0.2, 0.25) is 5.91 Å². The molecule has 2 aromatic carbocycles. The van der Waals surface area contributed by atoms with Crippen LogP contribution in [0.2, 0.25) is 0 Å². The van der Waals surface area contributed by atoms with Crippen LogP contribution in [0.4, 0.5) is 11.4 Å². The highest BCUT2D eigenvalue weighted by Gasteiger charge is 2.18. The van der Waals surface area contributed by atoms with Gasteiger partial charge in [-0.05, 0) is 42.3 Å². The van der Waals surface area contributed by atoms with Gasteiger partial charge in [0.1, 0.15) is 0 Å². The van der Waals surface area contributed by atoms with Crippen molar-refractivity contribution in [3.63, 3.8) is 0 Å². The summed E-state index contributed by atoms with van der Waals surface area (Å²) >= 11 is 1.43. The summed E-state index contributed by atoms with van der Waals surface area (Å²) < 4.78 is 27.4. The molecule has 1 aliphatic heterocycles. The van der Waals surface area contributed by atoms with E-state index in [0.29, 0.717) is 17.1 Å². The molecule has 0 aromatic heterocycles. The van der Waals surface area contributed by atoms with Crippen molar-refractivity contribution in [3.8, 4) is 0 Å². The van der Waals surface area contributed by atoms with Crippen LogP contribution in [0.15, 0.2) is 52.3 Å². The van der Waals surface area contributed by atoms with E-state index in [1.807, 2.05) is 6.92 Å². The van der Waals surface area contributed by atoms with Gasteiger partial charge in [0.05, 0.1) is 22.0 Å². The number of thioether (sulfide) groups is 1. The van der Waals surface area contributed by atoms with Crippen molar-refractivity contribution in [1.82, 2.24) is 0 Å². The minimum absolute atomic E-state index is 0.0855. The molecular formula is C16H16N2O3S2. The smallest absolute Gasteiger partial charge is 0.261 e. The van der Waals surface area contributed by atoms with E-state index in [9.17, 15) is 13.2 Å². The van der Waals surface area contributed by atoms with Crippen molar-refractivity contribution in [2.45, 2.75) is 23.1 Å². The predicted molar refractivity (Wildman–Crippen MR) is 92.4 cm³/mol. The Balaban J connectivity index is 1.85. The van der Waals surface area contributed by atoms with Crippen LogP contribution in [-0.2, 0) is 21.2 Å². The first kappa shape index (κ1) is 15.9. The fraction of sp³-hybridized carbons (Fsp3) is 0.188. The number of sulfonamides is 1. The fourth-order valence-electron chi connectivity index (χ4n) is 2.26. The van der Waals surface area contributed by atoms with Gasteiger partial charge in [-0.15, -0.1) is 11.8 Å². The molecule has 0 radical (unpaired) electrons. The molecule has 120 valence electrons. The second kappa shape index (κ2) is 6.25. The Morgan fingerprint density at radius 1 is 1.17 bits per heavy atom. The van der Waals surface area contributed by atoms with Gasteiger partial charge in [0.25, 0.3) is 10.0 Å². The lowest BCUT2D eigenvalue weighted by Crippen LogP contribution is -2.19. The summed E-state index contributed by atoms with van der Waals surface area (Å²) in [5.74, 6) is 0.291. The van der Waals surface area contributed by atoms with Gasteiger partial charge >= 0.3 is 0 Å². The van der Waals surface area contributed by atoms with Crippen LogP contribution in [0.1, 0.15) is 12.5 Å². The fourth-order valence-corrected chi connectivity index (χ4v) is 4.10. The highest BCUT2D eigenvalue weighted by atomic mass is 32.2. The number of hydrogen-bond donors (Lipinski definition) is 2. The van der Waals surface area contributed by atoms with Crippen LogP contribution in [0.25, 0.3) is 0 Å². The molecule has 5 nitrogen and oxygen atoms in total. The number of carbonyl (C=O) groups excluding carboxylic acids is 1. The summed E-state index contributed by atoms with van der Waals surface area (Å²) in [5, 5.41) is 2.75. The molecule has 7 heteroatoms. The number of nitrogens with one attached hydrogen (secondary N) is 2. The molecule has 1 heterocycles. The molecule has 0 atom stereocenters. The summed E-state index contributed by atoms with van der Waals surface area (Å²) in [6.07, 6.45) is 0.857.